The van der Waals surface area contributed by atoms with Gasteiger partial charge in [-0.2, -0.15) is 8.78 Å². The van der Waals surface area contributed by atoms with Crippen LogP contribution in [0.5, 0.6) is 0 Å². The van der Waals surface area contributed by atoms with Crippen LogP contribution in [0.25, 0.3) is 0 Å². The molecule has 0 saturated carbocycles. The van der Waals surface area contributed by atoms with Gasteiger partial charge >= 0.3 is 5.92 Å². The van der Waals surface area contributed by atoms with Crippen LogP contribution in [0.4, 0.5) is 13.2 Å². The van der Waals surface area contributed by atoms with E-state index in [0.29, 0.717) is 6.42 Å². The highest BCUT2D eigenvalue weighted by molar-refractivity contribution is 7.90. The Morgan fingerprint density at radius 2 is 2.00 bits per heavy atom. The van der Waals surface area contributed by atoms with Gasteiger partial charge in [-0.15, -0.1) is 4.72 Å². The molecule has 7 heteroatoms. The first-order valence-corrected chi connectivity index (χ1v) is 9.16. The largest absolute Gasteiger partial charge is 0.598 e. The molecule has 1 saturated heterocycles. The van der Waals surface area contributed by atoms with Gasteiger partial charge in [-0.05, 0) is 46.6 Å². The fraction of sp³-hybridized carbons (Fsp3) is 0.647. The van der Waals surface area contributed by atoms with Gasteiger partial charge in [0.1, 0.15) is 16.7 Å². The van der Waals surface area contributed by atoms with E-state index in [4.69, 9.17) is 4.74 Å². The molecule has 1 aromatic carbocycles. The molecule has 0 aromatic heterocycles. The topological polar surface area (TPSA) is 44.3 Å². The summed E-state index contributed by atoms with van der Waals surface area (Å²) in [6.07, 6.45) is -0.544. The maximum Gasteiger partial charge on any atom is 0.301 e. The van der Waals surface area contributed by atoms with E-state index in [1.54, 1.807) is 27.7 Å². The molecular formula is C17H24F3NO2S. The van der Waals surface area contributed by atoms with Crippen molar-refractivity contribution in [2.75, 3.05) is 6.61 Å². The molecule has 1 aliphatic rings. The molecule has 24 heavy (non-hydrogen) atoms. The molecule has 1 heterocycles. The second kappa shape index (κ2) is 7.23. The van der Waals surface area contributed by atoms with Crippen molar-refractivity contribution < 1.29 is 22.5 Å². The second-order valence-corrected chi connectivity index (χ2v) is 9.05. The van der Waals surface area contributed by atoms with Crippen molar-refractivity contribution in [2.45, 2.75) is 63.4 Å². The Labute approximate surface area is 144 Å². The van der Waals surface area contributed by atoms with Crippen LogP contribution in [0, 0.1) is 5.82 Å². The first kappa shape index (κ1) is 19.6. The van der Waals surface area contributed by atoms with Crippen molar-refractivity contribution in [3.63, 3.8) is 0 Å². The van der Waals surface area contributed by atoms with Gasteiger partial charge in [0.25, 0.3) is 0 Å². The molecule has 0 aliphatic carbocycles. The minimum absolute atomic E-state index is 0.0720. The minimum atomic E-state index is -3.39. The molecule has 2 unspecified atom stereocenters. The van der Waals surface area contributed by atoms with Crippen LogP contribution in [0.15, 0.2) is 18.2 Å². The van der Waals surface area contributed by atoms with Crippen LogP contribution in [0.1, 0.15) is 57.7 Å². The number of halogens is 3. The highest BCUT2D eigenvalue weighted by Gasteiger charge is 2.46. The summed E-state index contributed by atoms with van der Waals surface area (Å²) < 4.78 is 63.3. The van der Waals surface area contributed by atoms with E-state index in [9.17, 15) is 17.7 Å². The third-order valence-corrected chi connectivity index (χ3v) is 5.71. The number of nitrogens with one attached hydrogen (secondary N) is 1. The Morgan fingerprint density at radius 1 is 1.33 bits per heavy atom. The SMILES string of the molecule is CC(N[S+]([O-])C(C)(C)C)c1cccc(C(F)(F)[C@H]2CCCO2)c1F. The zero-order valence-electron chi connectivity index (χ0n) is 14.4. The van der Waals surface area contributed by atoms with Gasteiger partial charge < -0.3 is 9.29 Å². The number of ether oxygens (including phenoxy) is 1. The van der Waals surface area contributed by atoms with Crippen molar-refractivity contribution in [2.24, 2.45) is 0 Å². The lowest BCUT2D eigenvalue weighted by atomic mass is 9.96. The van der Waals surface area contributed by atoms with Gasteiger partial charge in [-0.25, -0.2) is 4.39 Å². The summed E-state index contributed by atoms with van der Waals surface area (Å²) in [6.45, 7) is 7.21. The van der Waals surface area contributed by atoms with E-state index in [0.717, 1.165) is 6.07 Å². The van der Waals surface area contributed by atoms with Crippen molar-refractivity contribution in [1.29, 1.82) is 0 Å². The molecule has 1 N–H and O–H groups in total. The van der Waals surface area contributed by atoms with E-state index in [1.807, 2.05) is 0 Å². The number of rotatable bonds is 5. The molecular weight excluding hydrogens is 339 g/mol. The van der Waals surface area contributed by atoms with Gasteiger partial charge in [-0.1, -0.05) is 12.1 Å². The third kappa shape index (κ3) is 4.07. The van der Waals surface area contributed by atoms with Gasteiger partial charge in [0.2, 0.25) is 0 Å². The Balaban J connectivity index is 2.27. The average molecular weight is 363 g/mol. The minimum Gasteiger partial charge on any atom is -0.598 e. The molecule has 3 nitrogen and oxygen atoms in total. The Bertz CT molecular complexity index is 571. The van der Waals surface area contributed by atoms with Crippen LogP contribution in [-0.2, 0) is 22.0 Å². The number of hydrogen-bond donors (Lipinski definition) is 1. The summed E-state index contributed by atoms with van der Waals surface area (Å²) in [5, 5.41) is 0. The summed E-state index contributed by atoms with van der Waals surface area (Å²) in [5.41, 5.74) is -0.593. The number of hydrogen-bond acceptors (Lipinski definition) is 3. The summed E-state index contributed by atoms with van der Waals surface area (Å²) >= 11 is -1.43. The molecule has 0 spiro atoms. The molecule has 1 fully saturated rings. The lowest BCUT2D eigenvalue weighted by Crippen LogP contribution is -2.41. The Morgan fingerprint density at radius 3 is 2.54 bits per heavy atom. The second-order valence-electron chi connectivity index (χ2n) is 7.05. The van der Waals surface area contributed by atoms with Crippen LogP contribution >= 0.6 is 0 Å². The van der Waals surface area contributed by atoms with Gasteiger partial charge in [-0.3, -0.25) is 0 Å². The van der Waals surface area contributed by atoms with Crippen molar-refractivity contribution in [3.8, 4) is 0 Å². The first-order chi connectivity index (χ1) is 11.0. The van der Waals surface area contributed by atoms with Crippen LogP contribution in [-0.4, -0.2) is 22.0 Å². The van der Waals surface area contributed by atoms with Gasteiger partial charge in [0, 0.05) is 23.5 Å². The average Bonchev–Trinajstić information content (AvgIpc) is 3.01. The molecule has 0 bridgehead atoms. The smallest absolute Gasteiger partial charge is 0.301 e. The molecule has 1 aromatic rings. The molecule has 0 amide bonds. The van der Waals surface area contributed by atoms with Gasteiger partial charge in [0.15, 0.2) is 0 Å². The van der Waals surface area contributed by atoms with Crippen molar-refractivity contribution in [1.82, 2.24) is 4.72 Å². The third-order valence-electron chi connectivity index (χ3n) is 4.03. The number of alkyl halides is 2. The summed E-state index contributed by atoms with van der Waals surface area (Å²) in [4.78, 5) is 0. The summed E-state index contributed by atoms with van der Waals surface area (Å²) in [7, 11) is 0. The Kier molecular flexibility index (Phi) is 5.90. The van der Waals surface area contributed by atoms with Crippen LogP contribution in [0.3, 0.4) is 0 Å². The molecule has 136 valence electrons. The molecule has 2 rings (SSSR count). The monoisotopic (exact) mass is 363 g/mol. The summed E-state index contributed by atoms with van der Waals surface area (Å²) in [5.74, 6) is -4.36. The van der Waals surface area contributed by atoms with Crippen LogP contribution in [0.2, 0.25) is 0 Å². The van der Waals surface area contributed by atoms with Crippen molar-refractivity contribution >= 4 is 11.4 Å². The number of benzene rings is 1. The zero-order chi connectivity index (χ0) is 18.1. The highest BCUT2D eigenvalue weighted by Crippen LogP contribution is 2.40. The fourth-order valence-corrected chi connectivity index (χ4v) is 3.38. The summed E-state index contributed by atoms with van der Waals surface area (Å²) in [6, 6.07) is 3.26. The van der Waals surface area contributed by atoms with E-state index >= 15 is 0 Å². The van der Waals surface area contributed by atoms with E-state index in [1.165, 1.54) is 12.1 Å². The maximum absolute atomic E-state index is 14.7. The standard InChI is InChI=1S/C17H24F3NO2S/c1-11(21-24(22)16(2,3)4)12-7-5-8-13(15(12)18)17(19,20)14-9-6-10-23-14/h5,7-8,11,14,21H,6,9-10H2,1-4H3/t11?,14-,24?/m1/s1. The predicted molar refractivity (Wildman–Crippen MR) is 88.7 cm³/mol. The molecule has 1 aliphatic heterocycles. The Hall–Kier alpha value is -0.760. The van der Waals surface area contributed by atoms with Crippen LogP contribution < -0.4 is 4.72 Å². The van der Waals surface area contributed by atoms with Gasteiger partial charge in [0.05, 0.1) is 11.6 Å². The first-order valence-electron chi connectivity index (χ1n) is 8.01. The fourth-order valence-electron chi connectivity index (χ4n) is 2.58. The van der Waals surface area contributed by atoms with E-state index in [2.05, 4.69) is 4.72 Å². The zero-order valence-corrected chi connectivity index (χ0v) is 15.2. The lowest BCUT2D eigenvalue weighted by molar-refractivity contribution is -0.124. The van der Waals surface area contributed by atoms with E-state index in [-0.39, 0.29) is 18.6 Å². The normalized spacial score (nSPS) is 21.8. The van der Waals surface area contributed by atoms with Crippen molar-refractivity contribution in [3.05, 3.63) is 35.1 Å². The van der Waals surface area contributed by atoms with E-state index < -0.39 is 45.6 Å². The lowest BCUT2D eigenvalue weighted by Gasteiger charge is -2.28. The quantitative estimate of drug-likeness (QED) is 0.797. The molecule has 0 radical (unpaired) electrons. The maximum atomic E-state index is 14.7. The highest BCUT2D eigenvalue weighted by atomic mass is 32.2. The molecule has 3 atom stereocenters. The predicted octanol–water partition coefficient (Wildman–Crippen LogP) is 4.21.